The maximum absolute atomic E-state index is 12.8. The van der Waals surface area contributed by atoms with E-state index < -0.39 is 0 Å². The van der Waals surface area contributed by atoms with Gasteiger partial charge in [-0.05, 0) is 51.3 Å². The first-order valence-corrected chi connectivity index (χ1v) is 7.87. The van der Waals surface area contributed by atoms with Gasteiger partial charge in [0, 0.05) is 30.2 Å². The molecule has 0 N–H and O–H groups in total. The molecular formula is C17H22N4O. The van der Waals surface area contributed by atoms with Crippen LogP contribution in [0.15, 0.2) is 30.6 Å². The van der Waals surface area contributed by atoms with Gasteiger partial charge >= 0.3 is 0 Å². The Kier molecular flexibility index (Phi) is 4.22. The van der Waals surface area contributed by atoms with Gasteiger partial charge < -0.3 is 4.90 Å². The van der Waals surface area contributed by atoms with Crippen molar-refractivity contribution < 1.29 is 4.79 Å². The largest absolute Gasteiger partial charge is 0.334 e. The van der Waals surface area contributed by atoms with Crippen molar-refractivity contribution in [3.8, 4) is 0 Å². The molecule has 0 aromatic carbocycles. The summed E-state index contributed by atoms with van der Waals surface area (Å²) in [6.45, 7) is 5.67. The molecule has 5 heteroatoms. The highest BCUT2D eigenvalue weighted by molar-refractivity contribution is 5.94. The lowest BCUT2D eigenvalue weighted by Gasteiger charge is -2.36. The quantitative estimate of drug-likeness (QED) is 0.875. The molecule has 3 heterocycles. The molecule has 2 aromatic heterocycles. The molecule has 2 aromatic rings. The molecule has 0 spiro atoms. The second-order valence-electron chi connectivity index (χ2n) is 5.99. The highest BCUT2D eigenvalue weighted by atomic mass is 16.2. The summed E-state index contributed by atoms with van der Waals surface area (Å²) in [6.07, 6.45) is 6.63. The van der Waals surface area contributed by atoms with E-state index in [1.165, 1.54) is 6.42 Å². The van der Waals surface area contributed by atoms with Crippen molar-refractivity contribution in [1.82, 2.24) is 19.7 Å². The van der Waals surface area contributed by atoms with E-state index in [4.69, 9.17) is 0 Å². The van der Waals surface area contributed by atoms with Gasteiger partial charge in [0.15, 0.2) is 0 Å². The summed E-state index contributed by atoms with van der Waals surface area (Å²) < 4.78 is 2.03. The van der Waals surface area contributed by atoms with Crippen molar-refractivity contribution in [3.05, 3.63) is 47.5 Å². The SMILES string of the molecule is Cc1cc(C)n(C[C@@H]2CCCCN2C(=O)c2ccncc2)n1. The second kappa shape index (κ2) is 6.30. The lowest BCUT2D eigenvalue weighted by Crippen LogP contribution is -2.46. The van der Waals surface area contributed by atoms with Gasteiger partial charge in [-0.1, -0.05) is 0 Å². The highest BCUT2D eigenvalue weighted by Gasteiger charge is 2.28. The van der Waals surface area contributed by atoms with Crippen LogP contribution in [-0.4, -0.2) is 38.2 Å². The highest BCUT2D eigenvalue weighted by Crippen LogP contribution is 2.21. The lowest BCUT2D eigenvalue weighted by atomic mass is 10.0. The van der Waals surface area contributed by atoms with Crippen LogP contribution < -0.4 is 0 Å². The molecule has 0 saturated carbocycles. The van der Waals surface area contributed by atoms with E-state index in [9.17, 15) is 4.79 Å². The molecule has 1 fully saturated rings. The summed E-state index contributed by atoms with van der Waals surface area (Å²) in [7, 11) is 0. The Labute approximate surface area is 131 Å². The first kappa shape index (κ1) is 14.8. The van der Waals surface area contributed by atoms with Crippen LogP contribution in [0.5, 0.6) is 0 Å². The Hall–Kier alpha value is -2.17. The number of pyridine rings is 1. The molecule has 5 nitrogen and oxygen atoms in total. The van der Waals surface area contributed by atoms with Crippen molar-refractivity contribution >= 4 is 5.91 Å². The van der Waals surface area contributed by atoms with Crippen LogP contribution in [0.3, 0.4) is 0 Å². The summed E-state index contributed by atoms with van der Waals surface area (Å²) in [5.74, 6) is 0.105. The summed E-state index contributed by atoms with van der Waals surface area (Å²) in [4.78, 5) is 18.8. The zero-order valence-corrected chi connectivity index (χ0v) is 13.2. The first-order valence-electron chi connectivity index (χ1n) is 7.87. The average molecular weight is 298 g/mol. The number of likely N-dealkylation sites (tertiary alicyclic amines) is 1. The molecule has 1 amide bonds. The lowest BCUT2D eigenvalue weighted by molar-refractivity contribution is 0.0582. The topological polar surface area (TPSA) is 51.0 Å². The van der Waals surface area contributed by atoms with Crippen molar-refractivity contribution in [3.63, 3.8) is 0 Å². The zero-order valence-electron chi connectivity index (χ0n) is 13.2. The van der Waals surface area contributed by atoms with Crippen molar-refractivity contribution in [2.24, 2.45) is 0 Å². The fourth-order valence-corrected chi connectivity index (χ4v) is 3.18. The van der Waals surface area contributed by atoms with Crippen LogP contribution in [0.25, 0.3) is 0 Å². The number of hydrogen-bond donors (Lipinski definition) is 0. The Balaban J connectivity index is 1.79. The monoisotopic (exact) mass is 298 g/mol. The van der Waals surface area contributed by atoms with Crippen LogP contribution in [0.4, 0.5) is 0 Å². The molecule has 3 rings (SSSR count). The van der Waals surface area contributed by atoms with Crippen LogP contribution in [0.1, 0.15) is 41.0 Å². The maximum atomic E-state index is 12.8. The molecule has 0 aliphatic carbocycles. The normalized spacial score (nSPS) is 18.5. The predicted octanol–water partition coefficient (Wildman–Crippen LogP) is 2.59. The Morgan fingerprint density at radius 3 is 2.73 bits per heavy atom. The standard InChI is InChI=1S/C17H22N4O/c1-13-11-14(2)21(19-13)12-16-5-3-4-10-20(16)17(22)15-6-8-18-9-7-15/h6-9,11,16H,3-5,10,12H2,1-2H3/t16-/m0/s1. The average Bonchev–Trinajstić information content (AvgIpc) is 2.86. The van der Waals surface area contributed by atoms with Gasteiger partial charge in [-0.2, -0.15) is 5.10 Å². The summed E-state index contributed by atoms with van der Waals surface area (Å²) >= 11 is 0. The minimum atomic E-state index is 0.105. The number of rotatable bonds is 3. The fraction of sp³-hybridized carbons (Fsp3) is 0.471. The fourth-order valence-electron chi connectivity index (χ4n) is 3.18. The van der Waals surface area contributed by atoms with Gasteiger partial charge in [0.2, 0.25) is 0 Å². The molecule has 1 aliphatic rings. The van der Waals surface area contributed by atoms with Crippen LogP contribution >= 0.6 is 0 Å². The number of piperidine rings is 1. The number of nitrogens with zero attached hydrogens (tertiary/aromatic N) is 4. The van der Waals surface area contributed by atoms with Crippen LogP contribution in [0.2, 0.25) is 0 Å². The minimum Gasteiger partial charge on any atom is -0.334 e. The van der Waals surface area contributed by atoms with E-state index in [-0.39, 0.29) is 11.9 Å². The minimum absolute atomic E-state index is 0.105. The number of amides is 1. The third-order valence-corrected chi connectivity index (χ3v) is 4.30. The Morgan fingerprint density at radius 1 is 1.27 bits per heavy atom. The van der Waals surface area contributed by atoms with Crippen molar-refractivity contribution in [1.29, 1.82) is 0 Å². The molecular weight excluding hydrogens is 276 g/mol. The zero-order chi connectivity index (χ0) is 15.5. The van der Waals surface area contributed by atoms with E-state index in [0.29, 0.717) is 0 Å². The Morgan fingerprint density at radius 2 is 2.05 bits per heavy atom. The van der Waals surface area contributed by atoms with Gasteiger partial charge in [-0.15, -0.1) is 0 Å². The van der Waals surface area contributed by atoms with Gasteiger partial charge in [0.1, 0.15) is 0 Å². The third kappa shape index (κ3) is 3.03. The Bertz CT molecular complexity index is 650. The van der Waals surface area contributed by atoms with Crippen LogP contribution in [-0.2, 0) is 6.54 Å². The summed E-state index contributed by atoms with van der Waals surface area (Å²) in [5.41, 5.74) is 2.90. The van der Waals surface area contributed by atoms with Gasteiger partial charge in [-0.25, -0.2) is 0 Å². The number of aromatic nitrogens is 3. The molecule has 1 aliphatic heterocycles. The third-order valence-electron chi connectivity index (χ3n) is 4.30. The molecule has 1 atom stereocenters. The molecule has 0 radical (unpaired) electrons. The number of carbonyl (C=O) groups excluding carboxylic acids is 1. The van der Waals surface area contributed by atoms with Crippen molar-refractivity contribution in [2.75, 3.05) is 6.54 Å². The van der Waals surface area contributed by atoms with Crippen LogP contribution in [0, 0.1) is 13.8 Å². The molecule has 116 valence electrons. The summed E-state index contributed by atoms with van der Waals surface area (Å²) in [5, 5.41) is 4.54. The van der Waals surface area contributed by atoms with E-state index in [2.05, 4.69) is 23.1 Å². The van der Waals surface area contributed by atoms with E-state index >= 15 is 0 Å². The van der Waals surface area contributed by atoms with Gasteiger partial charge in [0.25, 0.3) is 5.91 Å². The van der Waals surface area contributed by atoms with Gasteiger partial charge in [0.05, 0.1) is 18.3 Å². The van der Waals surface area contributed by atoms with E-state index in [1.54, 1.807) is 24.5 Å². The van der Waals surface area contributed by atoms with E-state index in [1.807, 2.05) is 16.5 Å². The maximum Gasteiger partial charge on any atom is 0.254 e. The first-order chi connectivity index (χ1) is 10.6. The smallest absolute Gasteiger partial charge is 0.254 e. The molecule has 0 unspecified atom stereocenters. The molecule has 22 heavy (non-hydrogen) atoms. The summed E-state index contributed by atoms with van der Waals surface area (Å²) in [6, 6.07) is 5.87. The molecule has 0 bridgehead atoms. The number of aryl methyl sites for hydroxylation is 2. The number of carbonyl (C=O) groups is 1. The van der Waals surface area contributed by atoms with E-state index in [0.717, 1.165) is 42.9 Å². The predicted molar refractivity (Wildman–Crippen MR) is 84.6 cm³/mol. The molecule has 1 saturated heterocycles. The van der Waals surface area contributed by atoms with Crippen molar-refractivity contribution in [2.45, 2.75) is 45.7 Å². The van der Waals surface area contributed by atoms with Gasteiger partial charge in [-0.3, -0.25) is 14.5 Å². The number of hydrogen-bond acceptors (Lipinski definition) is 3. The second-order valence-corrected chi connectivity index (χ2v) is 5.99.